The molecule has 1 N–H and O–H groups in total. The lowest BCUT2D eigenvalue weighted by molar-refractivity contribution is 0.528. The number of aromatic nitrogens is 2. The van der Waals surface area contributed by atoms with E-state index >= 15 is 0 Å². The molecule has 1 heterocycles. The Labute approximate surface area is 117 Å². The molecular weight excluding hydrogens is 260 g/mol. The van der Waals surface area contributed by atoms with Crippen molar-refractivity contribution < 1.29 is 8.78 Å². The summed E-state index contributed by atoms with van der Waals surface area (Å²) in [7, 11) is 0. The molecule has 0 aliphatic heterocycles. The Kier molecular flexibility index (Phi) is 4.84. The van der Waals surface area contributed by atoms with Gasteiger partial charge in [0.25, 0.3) is 0 Å². The van der Waals surface area contributed by atoms with E-state index in [-0.39, 0.29) is 6.54 Å². The minimum atomic E-state index is -0.430. The Morgan fingerprint density at radius 1 is 1.30 bits per heavy atom. The Morgan fingerprint density at radius 3 is 2.85 bits per heavy atom. The van der Waals surface area contributed by atoms with Gasteiger partial charge in [0, 0.05) is 18.0 Å². The van der Waals surface area contributed by atoms with Gasteiger partial charge in [-0.25, -0.2) is 13.8 Å². The van der Waals surface area contributed by atoms with E-state index in [0.29, 0.717) is 18.0 Å². The van der Waals surface area contributed by atoms with Crippen LogP contribution in [0.2, 0.25) is 0 Å². The second-order valence-electron chi connectivity index (χ2n) is 5.23. The molecule has 0 radical (unpaired) electrons. The zero-order chi connectivity index (χ0) is 14.5. The summed E-state index contributed by atoms with van der Waals surface area (Å²) < 4.78 is 28.6. The third-order valence-electron chi connectivity index (χ3n) is 2.99. The van der Waals surface area contributed by atoms with Crippen molar-refractivity contribution in [1.82, 2.24) is 14.9 Å². The summed E-state index contributed by atoms with van der Waals surface area (Å²) in [6, 6.07) is 3.50. The summed E-state index contributed by atoms with van der Waals surface area (Å²) in [4.78, 5) is 4.25. The number of nitrogens with zero attached hydrogens (tertiary/aromatic N) is 2. The van der Waals surface area contributed by atoms with Crippen LogP contribution in [0.15, 0.2) is 30.6 Å². The van der Waals surface area contributed by atoms with Gasteiger partial charge < -0.3 is 9.88 Å². The fraction of sp³-hybridized carbons (Fsp3) is 0.400. The summed E-state index contributed by atoms with van der Waals surface area (Å²) in [6.45, 7) is 6.04. The topological polar surface area (TPSA) is 29.9 Å². The van der Waals surface area contributed by atoms with Crippen LogP contribution in [0, 0.1) is 17.6 Å². The standard InChI is InChI=1S/C15H19F2N3/c1-11(2)8-18-9-15-19-5-6-20(15)10-12-7-13(16)3-4-14(12)17/h3-7,11,18H,8-10H2,1-2H3. The van der Waals surface area contributed by atoms with Crippen LogP contribution in [0.1, 0.15) is 25.2 Å². The van der Waals surface area contributed by atoms with Crippen LogP contribution in [0.5, 0.6) is 0 Å². The van der Waals surface area contributed by atoms with Crippen molar-refractivity contribution in [3.8, 4) is 0 Å². The molecule has 0 saturated heterocycles. The molecule has 5 heteroatoms. The van der Waals surface area contributed by atoms with Crippen molar-refractivity contribution in [3.63, 3.8) is 0 Å². The average molecular weight is 279 g/mol. The van der Waals surface area contributed by atoms with E-state index in [9.17, 15) is 8.78 Å². The van der Waals surface area contributed by atoms with E-state index in [2.05, 4.69) is 24.1 Å². The molecule has 0 aliphatic carbocycles. The minimum absolute atomic E-state index is 0.280. The molecular formula is C15H19F2N3. The van der Waals surface area contributed by atoms with Gasteiger partial charge in [-0.2, -0.15) is 0 Å². The van der Waals surface area contributed by atoms with Gasteiger partial charge in [0.2, 0.25) is 0 Å². The second kappa shape index (κ2) is 6.61. The van der Waals surface area contributed by atoms with Crippen molar-refractivity contribution in [2.24, 2.45) is 5.92 Å². The number of benzene rings is 1. The van der Waals surface area contributed by atoms with Crippen LogP contribution < -0.4 is 5.32 Å². The maximum atomic E-state index is 13.6. The molecule has 1 aromatic heterocycles. The van der Waals surface area contributed by atoms with Crippen LogP contribution in [0.25, 0.3) is 0 Å². The molecule has 1 aromatic carbocycles. The maximum Gasteiger partial charge on any atom is 0.128 e. The predicted octanol–water partition coefficient (Wildman–Crippen LogP) is 2.96. The SMILES string of the molecule is CC(C)CNCc1nccn1Cc1cc(F)ccc1F. The van der Waals surface area contributed by atoms with Crippen LogP contribution >= 0.6 is 0 Å². The fourth-order valence-corrected chi connectivity index (χ4v) is 1.97. The van der Waals surface area contributed by atoms with Gasteiger partial charge in [-0.1, -0.05) is 13.8 Å². The highest BCUT2D eigenvalue weighted by molar-refractivity contribution is 5.19. The van der Waals surface area contributed by atoms with Gasteiger partial charge in [-0.15, -0.1) is 0 Å². The molecule has 2 aromatic rings. The number of halogens is 2. The van der Waals surface area contributed by atoms with Gasteiger partial charge in [0.15, 0.2) is 0 Å². The van der Waals surface area contributed by atoms with Crippen molar-refractivity contribution >= 4 is 0 Å². The normalized spacial score (nSPS) is 11.2. The Hall–Kier alpha value is -1.75. The monoisotopic (exact) mass is 279 g/mol. The first kappa shape index (κ1) is 14.7. The van der Waals surface area contributed by atoms with Crippen molar-refractivity contribution in [2.45, 2.75) is 26.9 Å². The molecule has 108 valence electrons. The molecule has 0 fully saturated rings. The maximum absolute atomic E-state index is 13.6. The van der Waals surface area contributed by atoms with E-state index in [1.54, 1.807) is 12.4 Å². The van der Waals surface area contributed by atoms with Crippen molar-refractivity contribution in [3.05, 3.63) is 53.6 Å². The van der Waals surface area contributed by atoms with Gasteiger partial charge in [-0.05, 0) is 30.7 Å². The first-order valence-electron chi connectivity index (χ1n) is 6.71. The lowest BCUT2D eigenvalue weighted by Crippen LogP contribution is -2.21. The number of nitrogens with one attached hydrogen (secondary N) is 1. The first-order valence-corrected chi connectivity index (χ1v) is 6.71. The van der Waals surface area contributed by atoms with E-state index < -0.39 is 11.6 Å². The molecule has 3 nitrogen and oxygen atoms in total. The summed E-state index contributed by atoms with van der Waals surface area (Å²) in [5.74, 6) is 0.538. The Morgan fingerprint density at radius 2 is 2.10 bits per heavy atom. The van der Waals surface area contributed by atoms with Gasteiger partial charge in [-0.3, -0.25) is 0 Å². The zero-order valence-corrected chi connectivity index (χ0v) is 11.7. The lowest BCUT2D eigenvalue weighted by Gasteiger charge is -2.11. The second-order valence-corrected chi connectivity index (χ2v) is 5.23. The highest BCUT2D eigenvalue weighted by Crippen LogP contribution is 2.12. The molecule has 0 unspecified atom stereocenters. The van der Waals surface area contributed by atoms with Crippen LogP contribution in [-0.4, -0.2) is 16.1 Å². The first-order chi connectivity index (χ1) is 9.56. The quantitative estimate of drug-likeness (QED) is 0.881. The minimum Gasteiger partial charge on any atom is -0.329 e. The molecule has 0 amide bonds. The third-order valence-corrected chi connectivity index (χ3v) is 2.99. The predicted molar refractivity (Wildman–Crippen MR) is 74.2 cm³/mol. The number of hydrogen-bond acceptors (Lipinski definition) is 2. The average Bonchev–Trinajstić information content (AvgIpc) is 2.81. The number of rotatable bonds is 6. The highest BCUT2D eigenvalue weighted by Gasteiger charge is 2.08. The lowest BCUT2D eigenvalue weighted by atomic mass is 10.2. The fourth-order valence-electron chi connectivity index (χ4n) is 1.97. The van der Waals surface area contributed by atoms with E-state index in [0.717, 1.165) is 24.5 Å². The van der Waals surface area contributed by atoms with Gasteiger partial charge in [0.05, 0.1) is 13.1 Å². The summed E-state index contributed by atoms with van der Waals surface area (Å²) in [5, 5.41) is 3.29. The van der Waals surface area contributed by atoms with E-state index in [1.165, 1.54) is 6.07 Å². The highest BCUT2D eigenvalue weighted by atomic mass is 19.1. The summed E-state index contributed by atoms with van der Waals surface area (Å²) in [5.41, 5.74) is 0.327. The summed E-state index contributed by atoms with van der Waals surface area (Å²) in [6.07, 6.45) is 3.44. The largest absolute Gasteiger partial charge is 0.329 e. The molecule has 0 spiro atoms. The van der Waals surface area contributed by atoms with Gasteiger partial charge in [0.1, 0.15) is 17.5 Å². The van der Waals surface area contributed by atoms with E-state index in [4.69, 9.17) is 0 Å². The van der Waals surface area contributed by atoms with Gasteiger partial charge >= 0.3 is 0 Å². The van der Waals surface area contributed by atoms with Crippen LogP contribution in [0.3, 0.4) is 0 Å². The molecule has 0 bridgehead atoms. The zero-order valence-electron chi connectivity index (χ0n) is 11.7. The molecule has 0 saturated carbocycles. The van der Waals surface area contributed by atoms with E-state index in [1.807, 2.05) is 4.57 Å². The molecule has 0 aliphatic rings. The number of hydrogen-bond donors (Lipinski definition) is 1. The Bertz CT molecular complexity index is 564. The smallest absolute Gasteiger partial charge is 0.128 e. The molecule has 0 atom stereocenters. The van der Waals surface area contributed by atoms with Crippen molar-refractivity contribution in [2.75, 3.05) is 6.54 Å². The molecule has 2 rings (SSSR count). The Balaban J connectivity index is 2.06. The summed E-state index contributed by atoms with van der Waals surface area (Å²) >= 11 is 0. The number of imidazole rings is 1. The van der Waals surface area contributed by atoms with Crippen LogP contribution in [-0.2, 0) is 13.1 Å². The van der Waals surface area contributed by atoms with Crippen molar-refractivity contribution in [1.29, 1.82) is 0 Å². The molecule has 20 heavy (non-hydrogen) atoms. The van der Waals surface area contributed by atoms with Crippen LogP contribution in [0.4, 0.5) is 8.78 Å². The third kappa shape index (κ3) is 3.87.